The smallest absolute Gasteiger partial charge is 0.350 e. The van der Waals surface area contributed by atoms with E-state index in [4.69, 9.17) is 23.2 Å². The molecule has 0 aromatic heterocycles. The molecule has 0 bridgehead atoms. The highest BCUT2D eigenvalue weighted by atomic mass is 35.5. The van der Waals surface area contributed by atoms with Crippen molar-refractivity contribution in [2.24, 2.45) is 5.92 Å². The fourth-order valence-electron chi connectivity index (χ4n) is 3.08. The molecule has 1 N–H and O–H groups in total. The summed E-state index contributed by atoms with van der Waals surface area (Å²) in [5.41, 5.74) is -0.742. The van der Waals surface area contributed by atoms with E-state index in [9.17, 15) is 22.8 Å². The number of alkyl halides is 3. The van der Waals surface area contributed by atoms with Gasteiger partial charge in [0.25, 0.3) is 11.8 Å². The number of rotatable bonds is 5. The summed E-state index contributed by atoms with van der Waals surface area (Å²) in [6.07, 6.45) is -4.55. The van der Waals surface area contributed by atoms with Crippen molar-refractivity contribution in [3.63, 3.8) is 0 Å². The predicted octanol–water partition coefficient (Wildman–Crippen LogP) is 5.86. The first-order valence-corrected chi connectivity index (χ1v) is 9.74. The van der Waals surface area contributed by atoms with Crippen LogP contribution in [0.2, 0.25) is 10.0 Å². The van der Waals surface area contributed by atoms with E-state index in [0.29, 0.717) is 5.02 Å². The third-order valence-electron chi connectivity index (χ3n) is 4.38. The molecule has 0 saturated heterocycles. The monoisotopic (exact) mass is 456 g/mol. The van der Waals surface area contributed by atoms with Crippen molar-refractivity contribution in [3.8, 4) is 0 Å². The van der Waals surface area contributed by atoms with Gasteiger partial charge in [0.05, 0.1) is 16.2 Å². The lowest BCUT2D eigenvalue weighted by molar-refractivity contribution is -0.138. The average molecular weight is 457 g/mol. The number of halogens is 5. The summed E-state index contributed by atoms with van der Waals surface area (Å²) in [6.45, 7) is 3.83. The van der Waals surface area contributed by atoms with Gasteiger partial charge in [-0.25, -0.2) is 0 Å². The highest BCUT2D eigenvalue weighted by Gasteiger charge is 2.40. The molecule has 0 unspecified atom stereocenters. The molecule has 0 fully saturated rings. The second kappa shape index (κ2) is 8.32. The van der Waals surface area contributed by atoms with Crippen molar-refractivity contribution < 1.29 is 22.8 Å². The molecule has 2 aromatic rings. The third-order valence-corrected chi connectivity index (χ3v) is 4.92. The number of nitrogens with one attached hydrogen (secondary N) is 1. The van der Waals surface area contributed by atoms with Crippen LogP contribution in [0.15, 0.2) is 48.2 Å². The van der Waals surface area contributed by atoms with E-state index in [0.717, 1.165) is 17.0 Å². The summed E-state index contributed by atoms with van der Waals surface area (Å²) in [7, 11) is 0. The van der Waals surface area contributed by atoms with Gasteiger partial charge in [-0.1, -0.05) is 49.2 Å². The number of hydrogen-bond donors (Lipinski definition) is 1. The number of carbonyl (C=O) groups excluding carboxylic acids is 2. The Kier molecular flexibility index (Phi) is 6.15. The topological polar surface area (TPSA) is 49.4 Å². The van der Waals surface area contributed by atoms with Gasteiger partial charge >= 0.3 is 6.18 Å². The molecule has 0 aliphatic carbocycles. The highest BCUT2D eigenvalue weighted by Crippen LogP contribution is 2.36. The maximum absolute atomic E-state index is 13.1. The summed E-state index contributed by atoms with van der Waals surface area (Å²) in [5.74, 6) is -1.22. The lowest BCUT2D eigenvalue weighted by atomic mass is 10.0. The summed E-state index contributed by atoms with van der Waals surface area (Å²) in [5, 5.41) is 3.19. The van der Waals surface area contributed by atoms with Gasteiger partial charge in [0.2, 0.25) is 0 Å². The van der Waals surface area contributed by atoms with Crippen molar-refractivity contribution in [3.05, 3.63) is 69.3 Å². The summed E-state index contributed by atoms with van der Waals surface area (Å²) < 4.78 is 39.2. The molecule has 30 heavy (non-hydrogen) atoms. The van der Waals surface area contributed by atoms with Crippen LogP contribution in [0.4, 0.5) is 18.9 Å². The zero-order chi connectivity index (χ0) is 22.2. The van der Waals surface area contributed by atoms with Gasteiger partial charge < -0.3 is 5.32 Å². The normalized spacial score (nSPS) is 14.9. The first-order chi connectivity index (χ1) is 14.0. The molecule has 1 heterocycles. The molecule has 2 aromatic carbocycles. The Hall–Kier alpha value is -2.51. The van der Waals surface area contributed by atoms with Crippen LogP contribution in [0, 0.1) is 5.92 Å². The number of carbonyl (C=O) groups is 2. The second-order valence-corrected chi connectivity index (χ2v) is 8.04. The lowest BCUT2D eigenvalue weighted by Crippen LogP contribution is -2.35. The van der Waals surface area contributed by atoms with E-state index in [2.05, 4.69) is 5.32 Å². The zero-order valence-electron chi connectivity index (χ0n) is 16.0. The van der Waals surface area contributed by atoms with E-state index < -0.39 is 23.6 Å². The van der Waals surface area contributed by atoms with E-state index in [1.807, 2.05) is 13.8 Å². The number of benzene rings is 2. The SMILES string of the molecule is CC(C)CN1C(=O)C(Nc2cccc(C(F)(F)F)c2)=C(c2ccc(Cl)cc2Cl)C1=O. The van der Waals surface area contributed by atoms with Gasteiger partial charge in [-0.3, -0.25) is 14.5 Å². The van der Waals surface area contributed by atoms with E-state index >= 15 is 0 Å². The quantitative estimate of drug-likeness (QED) is 0.573. The van der Waals surface area contributed by atoms with Crippen LogP contribution in [-0.4, -0.2) is 23.3 Å². The fourth-order valence-corrected chi connectivity index (χ4v) is 3.59. The molecule has 9 heteroatoms. The van der Waals surface area contributed by atoms with Gasteiger partial charge in [0, 0.05) is 22.8 Å². The first-order valence-electron chi connectivity index (χ1n) is 8.99. The van der Waals surface area contributed by atoms with Crippen LogP contribution in [0.3, 0.4) is 0 Å². The maximum atomic E-state index is 13.1. The summed E-state index contributed by atoms with van der Waals surface area (Å²) in [4.78, 5) is 27.1. The molecule has 0 atom stereocenters. The van der Waals surface area contributed by atoms with Gasteiger partial charge in [0.15, 0.2) is 0 Å². The Bertz CT molecular complexity index is 1050. The molecular weight excluding hydrogens is 440 g/mol. The molecule has 2 amide bonds. The highest BCUT2D eigenvalue weighted by molar-refractivity contribution is 6.41. The number of nitrogens with zero attached hydrogens (tertiary/aromatic N) is 1. The Morgan fingerprint density at radius 1 is 1.03 bits per heavy atom. The van der Waals surface area contributed by atoms with E-state index in [1.54, 1.807) is 0 Å². The lowest BCUT2D eigenvalue weighted by Gasteiger charge is -2.17. The minimum absolute atomic E-state index is 0.00672. The third kappa shape index (κ3) is 4.47. The van der Waals surface area contributed by atoms with Crippen LogP contribution in [-0.2, 0) is 15.8 Å². The minimum Gasteiger partial charge on any atom is -0.350 e. The molecule has 0 spiro atoms. The maximum Gasteiger partial charge on any atom is 0.416 e. The standard InChI is InChI=1S/C21H17Cl2F3N2O2/c1-11(2)10-28-19(29)17(15-7-6-13(22)9-16(15)23)18(20(28)30)27-14-5-3-4-12(8-14)21(24,25)26/h3-9,11,27H,10H2,1-2H3. The molecule has 4 nitrogen and oxygen atoms in total. The van der Waals surface area contributed by atoms with Crippen LogP contribution < -0.4 is 5.32 Å². The summed E-state index contributed by atoms with van der Waals surface area (Å²) in [6, 6.07) is 8.83. The van der Waals surface area contributed by atoms with Gasteiger partial charge in [0.1, 0.15) is 5.70 Å². The Labute approximate surface area is 181 Å². The molecular formula is C21H17Cl2F3N2O2. The Balaban J connectivity index is 2.11. The predicted molar refractivity (Wildman–Crippen MR) is 110 cm³/mol. The van der Waals surface area contributed by atoms with E-state index in [1.165, 1.54) is 30.3 Å². The van der Waals surface area contributed by atoms with Gasteiger partial charge in [-0.2, -0.15) is 13.2 Å². The van der Waals surface area contributed by atoms with E-state index in [-0.39, 0.29) is 40.0 Å². The Morgan fingerprint density at radius 2 is 1.73 bits per heavy atom. The molecule has 1 aliphatic heterocycles. The fraction of sp³-hybridized carbons (Fsp3) is 0.238. The second-order valence-electron chi connectivity index (χ2n) is 7.19. The van der Waals surface area contributed by atoms with Crippen molar-refractivity contribution in [2.75, 3.05) is 11.9 Å². The van der Waals surface area contributed by atoms with Crippen LogP contribution >= 0.6 is 23.2 Å². The van der Waals surface area contributed by atoms with Crippen molar-refractivity contribution in [2.45, 2.75) is 20.0 Å². The van der Waals surface area contributed by atoms with Gasteiger partial charge in [-0.05, 0) is 36.2 Å². The molecule has 0 radical (unpaired) electrons. The average Bonchev–Trinajstić information content (AvgIpc) is 2.86. The van der Waals surface area contributed by atoms with Crippen molar-refractivity contribution in [1.82, 2.24) is 4.90 Å². The molecule has 0 saturated carbocycles. The number of anilines is 1. The largest absolute Gasteiger partial charge is 0.416 e. The van der Waals surface area contributed by atoms with Gasteiger partial charge in [-0.15, -0.1) is 0 Å². The summed E-state index contributed by atoms with van der Waals surface area (Å²) >= 11 is 12.2. The van der Waals surface area contributed by atoms with Crippen LogP contribution in [0.1, 0.15) is 25.0 Å². The van der Waals surface area contributed by atoms with Crippen molar-refractivity contribution in [1.29, 1.82) is 0 Å². The number of amides is 2. The zero-order valence-corrected chi connectivity index (χ0v) is 17.5. The first kappa shape index (κ1) is 22.2. The molecule has 1 aliphatic rings. The van der Waals surface area contributed by atoms with Crippen molar-refractivity contribution >= 4 is 46.3 Å². The Morgan fingerprint density at radius 3 is 2.33 bits per heavy atom. The molecule has 3 rings (SSSR count). The minimum atomic E-state index is -4.55. The van der Waals surface area contributed by atoms with Crippen LogP contribution in [0.25, 0.3) is 5.57 Å². The number of hydrogen-bond acceptors (Lipinski definition) is 3. The number of imide groups is 1. The van der Waals surface area contributed by atoms with Crippen LogP contribution in [0.5, 0.6) is 0 Å². The molecule has 158 valence electrons.